The van der Waals surface area contributed by atoms with Gasteiger partial charge in [0, 0.05) is 5.54 Å². The Bertz CT molecular complexity index is 793. The van der Waals surface area contributed by atoms with Crippen molar-refractivity contribution in [2.45, 2.75) is 56.2 Å². The number of rotatable bonds is 6. The Balaban J connectivity index is 1.25. The van der Waals surface area contributed by atoms with E-state index in [0.717, 1.165) is 37.7 Å². The van der Waals surface area contributed by atoms with Gasteiger partial charge in [-0.2, -0.15) is 4.80 Å². The Morgan fingerprint density at radius 2 is 1.96 bits per heavy atom. The van der Waals surface area contributed by atoms with Crippen LogP contribution in [0, 0.1) is 11.8 Å². The van der Waals surface area contributed by atoms with Crippen LogP contribution in [0.2, 0.25) is 0 Å². The Hall–Kier alpha value is -2.28. The summed E-state index contributed by atoms with van der Waals surface area (Å²) >= 11 is 0. The van der Waals surface area contributed by atoms with E-state index in [2.05, 4.69) is 20.7 Å². The second-order valence-electron chi connectivity index (χ2n) is 8.72. The summed E-state index contributed by atoms with van der Waals surface area (Å²) in [5.74, 6) is 1.24. The van der Waals surface area contributed by atoms with Crippen molar-refractivity contribution in [1.82, 2.24) is 25.5 Å². The molecular weight excluding hydrogens is 342 g/mol. The number of carbonyl (C=O) groups excluding carboxylic acids is 1. The highest BCUT2D eigenvalue weighted by Gasteiger charge is 2.60. The van der Waals surface area contributed by atoms with Gasteiger partial charge in [-0.25, -0.2) is 0 Å². The van der Waals surface area contributed by atoms with Crippen LogP contribution >= 0.6 is 0 Å². The molecule has 1 N–H and O–H groups in total. The molecule has 2 aromatic rings. The molecule has 4 aliphatic carbocycles. The van der Waals surface area contributed by atoms with Crippen molar-refractivity contribution in [1.29, 1.82) is 0 Å². The van der Waals surface area contributed by atoms with E-state index in [-0.39, 0.29) is 23.6 Å². The number of nitrogens with one attached hydrogen (secondary N) is 1. The van der Waals surface area contributed by atoms with Crippen LogP contribution in [-0.4, -0.2) is 38.3 Å². The standard InChI is InChI=1S/C20H25N5O2/c26-18(12-27-11-15-4-2-1-3-5-15)23-19-7-16-6-17(8-19)10-20(9-16,13-19)25-22-14-21-24-25/h1-5,14,16-17H,6-13H2,(H,23,26). The number of carbonyl (C=O) groups is 1. The predicted octanol–water partition coefficient (Wildman–Crippen LogP) is 2.05. The summed E-state index contributed by atoms with van der Waals surface area (Å²) in [7, 11) is 0. The molecule has 0 saturated heterocycles. The molecule has 142 valence electrons. The Morgan fingerprint density at radius 1 is 1.19 bits per heavy atom. The fourth-order valence-electron chi connectivity index (χ4n) is 6.15. The summed E-state index contributed by atoms with van der Waals surface area (Å²) in [6.07, 6.45) is 7.99. The molecule has 7 nitrogen and oxygen atoms in total. The number of hydrogen-bond donors (Lipinski definition) is 1. The predicted molar refractivity (Wildman–Crippen MR) is 97.4 cm³/mol. The molecule has 4 fully saturated rings. The van der Waals surface area contributed by atoms with Crippen molar-refractivity contribution >= 4 is 5.91 Å². The average Bonchev–Trinajstić information content (AvgIpc) is 3.16. The van der Waals surface area contributed by atoms with E-state index in [9.17, 15) is 4.79 Å². The molecule has 4 saturated carbocycles. The van der Waals surface area contributed by atoms with Gasteiger partial charge in [0.15, 0.2) is 6.33 Å². The number of aromatic nitrogens is 4. The van der Waals surface area contributed by atoms with Crippen LogP contribution in [0.1, 0.15) is 44.1 Å². The van der Waals surface area contributed by atoms with Crippen LogP contribution in [0.3, 0.4) is 0 Å². The lowest BCUT2D eigenvalue weighted by molar-refractivity contribution is -0.136. The van der Waals surface area contributed by atoms with Gasteiger partial charge in [0.25, 0.3) is 0 Å². The first-order valence-corrected chi connectivity index (χ1v) is 9.81. The zero-order valence-electron chi connectivity index (χ0n) is 15.4. The second kappa shape index (κ2) is 6.41. The highest BCUT2D eigenvalue weighted by Crippen LogP contribution is 2.60. The SMILES string of the molecule is O=C(COCc1ccccc1)NC12CC3CC(C1)CC(n1ncnn1)(C3)C2. The maximum absolute atomic E-state index is 12.6. The average molecular weight is 367 g/mol. The Labute approximate surface area is 158 Å². The molecule has 2 atom stereocenters. The molecule has 4 aliphatic rings. The van der Waals surface area contributed by atoms with Crippen molar-refractivity contribution in [3.05, 3.63) is 42.2 Å². The first-order chi connectivity index (χ1) is 13.1. The third-order valence-corrected chi connectivity index (χ3v) is 6.55. The number of hydrogen-bond acceptors (Lipinski definition) is 5. The van der Waals surface area contributed by atoms with E-state index in [4.69, 9.17) is 4.74 Å². The summed E-state index contributed by atoms with van der Waals surface area (Å²) in [5, 5.41) is 15.8. The minimum atomic E-state index is -0.148. The van der Waals surface area contributed by atoms with Crippen molar-refractivity contribution < 1.29 is 9.53 Å². The molecule has 2 unspecified atom stereocenters. The second-order valence-corrected chi connectivity index (χ2v) is 8.72. The minimum Gasteiger partial charge on any atom is -0.367 e. The molecule has 27 heavy (non-hydrogen) atoms. The van der Waals surface area contributed by atoms with E-state index in [0.29, 0.717) is 18.4 Å². The maximum atomic E-state index is 12.6. The first kappa shape index (κ1) is 16.9. The van der Waals surface area contributed by atoms with Gasteiger partial charge in [0.05, 0.1) is 12.1 Å². The van der Waals surface area contributed by atoms with E-state index < -0.39 is 0 Å². The van der Waals surface area contributed by atoms with Crippen molar-refractivity contribution in [2.24, 2.45) is 11.8 Å². The topological polar surface area (TPSA) is 81.9 Å². The quantitative estimate of drug-likeness (QED) is 0.845. The molecule has 6 rings (SSSR count). The number of ether oxygens (including phenoxy) is 1. The van der Waals surface area contributed by atoms with Gasteiger partial charge in [-0.1, -0.05) is 30.3 Å². The van der Waals surface area contributed by atoms with Crippen LogP contribution in [0.15, 0.2) is 36.7 Å². The van der Waals surface area contributed by atoms with E-state index in [1.54, 1.807) is 0 Å². The molecule has 7 heteroatoms. The Morgan fingerprint density at radius 3 is 2.67 bits per heavy atom. The van der Waals surface area contributed by atoms with Crippen LogP contribution in [0.5, 0.6) is 0 Å². The highest BCUT2D eigenvalue weighted by atomic mass is 16.5. The molecule has 4 bridgehead atoms. The van der Waals surface area contributed by atoms with Crippen molar-refractivity contribution in [2.75, 3.05) is 6.61 Å². The largest absolute Gasteiger partial charge is 0.367 e. The van der Waals surface area contributed by atoms with Crippen LogP contribution < -0.4 is 5.32 Å². The molecular formula is C20H25N5O2. The summed E-state index contributed by atoms with van der Waals surface area (Å²) in [6, 6.07) is 9.94. The molecule has 1 aromatic carbocycles. The van der Waals surface area contributed by atoms with E-state index >= 15 is 0 Å². The molecule has 1 heterocycles. The molecule has 0 aliphatic heterocycles. The fraction of sp³-hybridized carbons (Fsp3) is 0.600. The van der Waals surface area contributed by atoms with Gasteiger partial charge in [0.1, 0.15) is 6.61 Å². The molecule has 1 aromatic heterocycles. The lowest BCUT2D eigenvalue weighted by Gasteiger charge is -2.61. The highest BCUT2D eigenvalue weighted by molar-refractivity contribution is 5.78. The maximum Gasteiger partial charge on any atom is 0.246 e. The van der Waals surface area contributed by atoms with Crippen molar-refractivity contribution in [3.8, 4) is 0 Å². The molecule has 0 spiro atoms. The molecule has 0 radical (unpaired) electrons. The zero-order valence-corrected chi connectivity index (χ0v) is 15.4. The third kappa shape index (κ3) is 3.14. The van der Waals surface area contributed by atoms with Gasteiger partial charge in [-0.3, -0.25) is 4.79 Å². The minimum absolute atomic E-state index is 0.0189. The number of benzene rings is 1. The number of nitrogens with zero attached hydrogens (tertiary/aromatic N) is 4. The van der Waals surface area contributed by atoms with Gasteiger partial charge in [-0.15, -0.1) is 10.2 Å². The smallest absolute Gasteiger partial charge is 0.246 e. The fourth-order valence-corrected chi connectivity index (χ4v) is 6.15. The van der Waals surface area contributed by atoms with Gasteiger partial charge < -0.3 is 10.1 Å². The first-order valence-electron chi connectivity index (χ1n) is 9.81. The molecule has 1 amide bonds. The third-order valence-electron chi connectivity index (χ3n) is 6.55. The Kier molecular flexibility index (Phi) is 4.00. The van der Waals surface area contributed by atoms with Crippen LogP contribution in [0.25, 0.3) is 0 Å². The summed E-state index contributed by atoms with van der Waals surface area (Å²) < 4.78 is 5.64. The van der Waals surface area contributed by atoms with Crippen molar-refractivity contribution in [3.63, 3.8) is 0 Å². The normalized spacial score (nSPS) is 33.9. The summed E-state index contributed by atoms with van der Waals surface area (Å²) in [6.45, 7) is 0.555. The van der Waals surface area contributed by atoms with Gasteiger partial charge in [0.2, 0.25) is 5.91 Å². The van der Waals surface area contributed by atoms with E-state index in [1.807, 2.05) is 35.1 Å². The van der Waals surface area contributed by atoms with Crippen LogP contribution in [-0.2, 0) is 21.7 Å². The monoisotopic (exact) mass is 367 g/mol. The van der Waals surface area contributed by atoms with Crippen LogP contribution in [0.4, 0.5) is 0 Å². The lowest BCUT2D eigenvalue weighted by Crippen LogP contribution is -2.66. The lowest BCUT2D eigenvalue weighted by atomic mass is 9.50. The number of tetrazole rings is 1. The zero-order chi connectivity index (χ0) is 18.3. The van der Waals surface area contributed by atoms with E-state index in [1.165, 1.54) is 12.7 Å². The van der Waals surface area contributed by atoms with Gasteiger partial charge in [-0.05, 0) is 61.1 Å². The summed E-state index contributed by atoms with van der Waals surface area (Å²) in [4.78, 5) is 14.4. The number of amides is 1. The van der Waals surface area contributed by atoms with Gasteiger partial charge >= 0.3 is 0 Å². The summed E-state index contributed by atoms with van der Waals surface area (Å²) in [5.41, 5.74) is 0.847.